The number of nitrogens with zero attached hydrogens (tertiary/aromatic N) is 2. The van der Waals surface area contributed by atoms with Crippen molar-refractivity contribution in [2.45, 2.75) is 18.7 Å². The zero-order chi connectivity index (χ0) is 17.9. The minimum atomic E-state index is -3.55. The molecule has 1 amide bonds. The fourth-order valence-electron chi connectivity index (χ4n) is 1.90. The Morgan fingerprint density at radius 1 is 1.29 bits per heavy atom. The fourth-order valence-corrected chi connectivity index (χ4v) is 3.41. The summed E-state index contributed by atoms with van der Waals surface area (Å²) in [5.74, 6) is -0.344. The summed E-state index contributed by atoms with van der Waals surface area (Å²) in [6.45, 7) is 3.69. The second-order valence-corrected chi connectivity index (χ2v) is 8.59. The molecule has 0 saturated carbocycles. The predicted molar refractivity (Wildman–Crippen MR) is 96.6 cm³/mol. The van der Waals surface area contributed by atoms with Crippen LogP contribution in [-0.4, -0.2) is 37.7 Å². The maximum absolute atomic E-state index is 12.2. The molecule has 0 spiro atoms. The largest absolute Gasteiger partial charge is 0.322 e. The lowest BCUT2D eigenvalue weighted by molar-refractivity contribution is -0.111. The summed E-state index contributed by atoms with van der Waals surface area (Å²) in [6, 6.07) is 4.65. The van der Waals surface area contributed by atoms with E-state index in [1.165, 1.54) is 43.6 Å². The Bertz CT molecular complexity index is 884. The van der Waals surface area contributed by atoms with Crippen LogP contribution in [-0.2, 0) is 14.8 Å². The van der Waals surface area contributed by atoms with Crippen molar-refractivity contribution in [3.63, 3.8) is 0 Å². The van der Waals surface area contributed by atoms with Gasteiger partial charge in [-0.15, -0.1) is 11.3 Å². The lowest BCUT2D eigenvalue weighted by Crippen LogP contribution is -2.22. The van der Waals surface area contributed by atoms with E-state index in [2.05, 4.69) is 10.3 Å². The van der Waals surface area contributed by atoms with Gasteiger partial charge in [0, 0.05) is 31.2 Å². The van der Waals surface area contributed by atoms with E-state index in [0.717, 1.165) is 14.9 Å². The molecule has 0 atom stereocenters. The fraction of sp³-hybridized carbons (Fsp3) is 0.250. The molecular formula is C16H19N3O3S2. The summed E-state index contributed by atoms with van der Waals surface area (Å²) >= 11 is 1.50. The minimum Gasteiger partial charge on any atom is -0.322 e. The normalized spacial score (nSPS) is 12.0. The third-order valence-electron chi connectivity index (χ3n) is 3.29. The van der Waals surface area contributed by atoms with Gasteiger partial charge in [-0.25, -0.2) is 17.7 Å². The molecule has 6 nitrogen and oxygen atoms in total. The number of hydrogen-bond donors (Lipinski definition) is 1. The first-order valence-electron chi connectivity index (χ1n) is 7.14. The molecular weight excluding hydrogens is 346 g/mol. The predicted octanol–water partition coefficient (Wildman–Crippen LogP) is 2.66. The highest BCUT2D eigenvalue weighted by atomic mass is 32.2. The molecule has 1 heterocycles. The molecule has 1 aromatic heterocycles. The molecule has 8 heteroatoms. The average molecular weight is 365 g/mol. The van der Waals surface area contributed by atoms with Crippen molar-refractivity contribution in [3.05, 3.63) is 45.9 Å². The van der Waals surface area contributed by atoms with Crippen LogP contribution < -0.4 is 5.32 Å². The highest BCUT2D eigenvalue weighted by Crippen LogP contribution is 2.22. The second-order valence-electron chi connectivity index (χ2n) is 5.38. The number of anilines is 1. The Labute approximate surface area is 145 Å². The molecule has 2 rings (SSSR count). The molecule has 1 aromatic carbocycles. The molecule has 0 bridgehead atoms. The molecule has 24 heavy (non-hydrogen) atoms. The van der Waals surface area contributed by atoms with E-state index in [0.29, 0.717) is 11.4 Å². The molecule has 0 aliphatic heterocycles. The van der Waals surface area contributed by atoms with E-state index in [4.69, 9.17) is 0 Å². The van der Waals surface area contributed by atoms with Crippen LogP contribution in [0.5, 0.6) is 0 Å². The maximum Gasteiger partial charge on any atom is 0.248 e. The molecule has 0 aliphatic rings. The number of amides is 1. The van der Waals surface area contributed by atoms with Crippen molar-refractivity contribution in [2.75, 3.05) is 19.4 Å². The third-order valence-corrected chi connectivity index (χ3v) is 5.89. The number of rotatable bonds is 5. The zero-order valence-electron chi connectivity index (χ0n) is 13.9. The van der Waals surface area contributed by atoms with Crippen molar-refractivity contribution in [1.29, 1.82) is 0 Å². The zero-order valence-corrected chi connectivity index (χ0v) is 15.5. The first-order valence-corrected chi connectivity index (χ1v) is 9.46. The number of aromatic nitrogens is 1. The van der Waals surface area contributed by atoms with Crippen molar-refractivity contribution < 1.29 is 13.2 Å². The van der Waals surface area contributed by atoms with E-state index in [9.17, 15) is 13.2 Å². The van der Waals surface area contributed by atoms with Crippen molar-refractivity contribution in [2.24, 2.45) is 0 Å². The highest BCUT2D eigenvalue weighted by Gasteiger charge is 2.18. The van der Waals surface area contributed by atoms with Gasteiger partial charge in [-0.2, -0.15) is 0 Å². The van der Waals surface area contributed by atoms with Crippen LogP contribution in [0.3, 0.4) is 0 Å². The summed E-state index contributed by atoms with van der Waals surface area (Å²) in [5, 5.41) is 5.48. The monoisotopic (exact) mass is 365 g/mol. The van der Waals surface area contributed by atoms with E-state index < -0.39 is 10.0 Å². The van der Waals surface area contributed by atoms with E-state index >= 15 is 0 Å². The Morgan fingerprint density at radius 3 is 2.58 bits per heavy atom. The lowest BCUT2D eigenvalue weighted by atomic mass is 10.2. The summed E-state index contributed by atoms with van der Waals surface area (Å²) in [7, 11) is -0.620. The summed E-state index contributed by atoms with van der Waals surface area (Å²) in [6.07, 6.45) is 3.00. The standard InChI is InChI=1S/C16H19N3O3S2/c1-11-5-7-14(24(21,22)19(3)4)9-15(11)18-16(20)8-6-13-10-23-12(2)17-13/h5-10H,1-4H3,(H,18,20). The highest BCUT2D eigenvalue weighted by molar-refractivity contribution is 7.89. The van der Waals surface area contributed by atoms with Crippen molar-refractivity contribution >= 4 is 39.0 Å². The van der Waals surface area contributed by atoms with Crippen LogP contribution in [0.1, 0.15) is 16.3 Å². The minimum absolute atomic E-state index is 0.132. The molecule has 0 radical (unpaired) electrons. The van der Waals surface area contributed by atoms with Gasteiger partial charge in [0.25, 0.3) is 0 Å². The Hall–Kier alpha value is -2.03. The first-order chi connectivity index (χ1) is 11.2. The first kappa shape index (κ1) is 18.3. The van der Waals surface area contributed by atoms with E-state index in [1.54, 1.807) is 19.1 Å². The number of carbonyl (C=O) groups excluding carboxylic acids is 1. The molecule has 1 N–H and O–H groups in total. The van der Waals surface area contributed by atoms with Gasteiger partial charge < -0.3 is 5.32 Å². The van der Waals surface area contributed by atoms with Crippen molar-refractivity contribution in [1.82, 2.24) is 9.29 Å². The van der Waals surface area contributed by atoms with Gasteiger partial charge in [0.15, 0.2) is 0 Å². The molecule has 0 fully saturated rings. The summed E-state index contributed by atoms with van der Waals surface area (Å²) in [4.78, 5) is 16.4. The number of hydrogen-bond acceptors (Lipinski definition) is 5. The number of thiazole rings is 1. The van der Waals surface area contributed by atoms with Gasteiger partial charge in [0.1, 0.15) is 0 Å². The third kappa shape index (κ3) is 4.28. The SMILES string of the molecule is Cc1nc(C=CC(=O)Nc2cc(S(=O)(=O)N(C)C)ccc2C)cs1. The van der Waals surface area contributed by atoms with Gasteiger partial charge in [-0.3, -0.25) is 4.79 Å². The number of carbonyl (C=O) groups is 1. The van der Waals surface area contributed by atoms with Crippen LogP contribution in [0.25, 0.3) is 6.08 Å². The number of nitrogens with one attached hydrogen (secondary N) is 1. The number of sulfonamides is 1. The smallest absolute Gasteiger partial charge is 0.248 e. The Kier molecular flexibility index (Phi) is 5.53. The summed E-state index contributed by atoms with van der Waals surface area (Å²) in [5.41, 5.74) is 1.95. The average Bonchev–Trinajstić information content (AvgIpc) is 2.92. The van der Waals surface area contributed by atoms with Gasteiger partial charge >= 0.3 is 0 Å². The summed E-state index contributed by atoms with van der Waals surface area (Å²) < 4.78 is 25.5. The van der Waals surface area contributed by atoms with Crippen LogP contribution in [0, 0.1) is 13.8 Å². The number of aryl methyl sites for hydroxylation is 2. The molecule has 2 aromatic rings. The van der Waals surface area contributed by atoms with Crippen LogP contribution in [0.4, 0.5) is 5.69 Å². The molecule has 0 aliphatic carbocycles. The van der Waals surface area contributed by atoms with Gasteiger partial charge in [-0.1, -0.05) is 6.07 Å². The van der Waals surface area contributed by atoms with E-state index in [1.807, 2.05) is 12.3 Å². The molecule has 128 valence electrons. The Morgan fingerprint density at radius 2 is 2.00 bits per heavy atom. The van der Waals surface area contributed by atoms with Crippen LogP contribution in [0.2, 0.25) is 0 Å². The van der Waals surface area contributed by atoms with E-state index in [-0.39, 0.29) is 10.8 Å². The number of benzene rings is 1. The lowest BCUT2D eigenvalue weighted by Gasteiger charge is -2.14. The molecule has 0 unspecified atom stereocenters. The molecule has 0 saturated heterocycles. The van der Waals surface area contributed by atoms with Crippen LogP contribution in [0.15, 0.2) is 34.6 Å². The second kappa shape index (κ2) is 7.25. The quantitative estimate of drug-likeness (QED) is 0.826. The van der Waals surface area contributed by atoms with Gasteiger partial charge in [0.05, 0.1) is 15.6 Å². The van der Waals surface area contributed by atoms with Gasteiger partial charge in [0.2, 0.25) is 15.9 Å². The Balaban J connectivity index is 2.20. The van der Waals surface area contributed by atoms with Gasteiger partial charge in [-0.05, 0) is 37.6 Å². The maximum atomic E-state index is 12.2. The van der Waals surface area contributed by atoms with Crippen LogP contribution >= 0.6 is 11.3 Å². The topological polar surface area (TPSA) is 79.4 Å². The van der Waals surface area contributed by atoms with Crippen molar-refractivity contribution in [3.8, 4) is 0 Å².